The smallest absolute Gasteiger partial charge is 0.267 e. The normalized spacial score (nSPS) is 11.4. The molecular weight excluding hydrogens is 341 g/mol. The Balaban J connectivity index is 1.51. The lowest BCUT2D eigenvalue weighted by Gasteiger charge is -2.06. The summed E-state index contributed by atoms with van der Waals surface area (Å²) < 4.78 is 14.1. The third kappa shape index (κ3) is 3.10. The van der Waals surface area contributed by atoms with Gasteiger partial charge in [-0.2, -0.15) is 0 Å². The zero-order chi connectivity index (χ0) is 19.1. The Labute approximate surface area is 156 Å². The molecule has 0 bridgehead atoms. The maximum Gasteiger partial charge on any atom is 0.267 e. The molecule has 4 nitrogen and oxygen atoms in total. The molecule has 2 heterocycles. The number of H-pyrrole nitrogens is 2. The molecule has 0 aliphatic carbocycles. The molecule has 0 saturated heterocycles. The standard InChI is InChI=1S/C22H22FN3O/c1-12-4-6-15-11-19(26-18(15)10-12)22(27)24-9-8-16-14(3)25-21-17(23)7-5-13(2)20(16)21/h4-7,10-11,25-26H,8-9H2,1-3H3,(H,24,27). The van der Waals surface area contributed by atoms with Gasteiger partial charge < -0.3 is 15.3 Å². The summed E-state index contributed by atoms with van der Waals surface area (Å²) >= 11 is 0. The number of halogens is 1. The average molecular weight is 363 g/mol. The van der Waals surface area contributed by atoms with E-state index in [1.54, 1.807) is 6.07 Å². The minimum atomic E-state index is -0.248. The number of aryl methyl sites for hydroxylation is 3. The van der Waals surface area contributed by atoms with Gasteiger partial charge >= 0.3 is 0 Å². The minimum absolute atomic E-state index is 0.135. The molecule has 0 aliphatic heterocycles. The number of nitrogens with one attached hydrogen (secondary N) is 3. The van der Waals surface area contributed by atoms with E-state index in [2.05, 4.69) is 15.3 Å². The Morgan fingerprint density at radius 1 is 1.07 bits per heavy atom. The van der Waals surface area contributed by atoms with E-state index in [4.69, 9.17) is 0 Å². The highest BCUT2D eigenvalue weighted by Crippen LogP contribution is 2.27. The molecule has 0 aliphatic rings. The molecule has 5 heteroatoms. The summed E-state index contributed by atoms with van der Waals surface area (Å²) in [5, 5.41) is 4.90. The number of aromatic nitrogens is 2. The van der Waals surface area contributed by atoms with Crippen LogP contribution in [-0.4, -0.2) is 22.4 Å². The second-order valence-electron chi connectivity index (χ2n) is 7.12. The lowest BCUT2D eigenvalue weighted by Crippen LogP contribution is -2.26. The van der Waals surface area contributed by atoms with Crippen molar-refractivity contribution in [1.29, 1.82) is 0 Å². The van der Waals surface area contributed by atoms with Gasteiger partial charge in [0.1, 0.15) is 11.5 Å². The van der Waals surface area contributed by atoms with Crippen LogP contribution < -0.4 is 5.32 Å². The Morgan fingerprint density at radius 3 is 2.70 bits per heavy atom. The molecule has 2 aromatic carbocycles. The highest BCUT2D eigenvalue weighted by molar-refractivity contribution is 5.98. The summed E-state index contributed by atoms with van der Waals surface area (Å²) in [5.41, 5.74) is 6.21. The van der Waals surface area contributed by atoms with Gasteiger partial charge in [-0.05, 0) is 62.1 Å². The number of rotatable bonds is 4. The summed E-state index contributed by atoms with van der Waals surface area (Å²) in [6, 6.07) is 11.2. The molecular formula is C22H22FN3O. The van der Waals surface area contributed by atoms with Crippen LogP contribution in [0, 0.1) is 26.6 Å². The third-order valence-electron chi connectivity index (χ3n) is 5.11. The third-order valence-corrected chi connectivity index (χ3v) is 5.11. The van der Waals surface area contributed by atoms with E-state index in [1.165, 1.54) is 6.07 Å². The number of fused-ring (bicyclic) bond motifs is 2. The first-order valence-electron chi connectivity index (χ1n) is 9.08. The average Bonchev–Trinajstić information content (AvgIpc) is 3.20. The van der Waals surface area contributed by atoms with Crippen LogP contribution in [0.4, 0.5) is 4.39 Å². The SMILES string of the molecule is Cc1ccc2cc(C(=O)NCCc3c(C)[nH]c4c(F)ccc(C)c34)[nH]c2c1. The van der Waals surface area contributed by atoms with Gasteiger partial charge in [-0.1, -0.05) is 18.2 Å². The molecule has 2 aromatic heterocycles. The zero-order valence-electron chi connectivity index (χ0n) is 15.7. The van der Waals surface area contributed by atoms with Crippen molar-refractivity contribution in [1.82, 2.24) is 15.3 Å². The topological polar surface area (TPSA) is 60.7 Å². The van der Waals surface area contributed by atoms with Gasteiger partial charge in [-0.15, -0.1) is 0 Å². The Morgan fingerprint density at radius 2 is 1.89 bits per heavy atom. The maximum absolute atomic E-state index is 14.1. The van der Waals surface area contributed by atoms with Gasteiger partial charge in [-0.25, -0.2) is 4.39 Å². The van der Waals surface area contributed by atoms with E-state index >= 15 is 0 Å². The summed E-state index contributed by atoms with van der Waals surface area (Å²) in [6.45, 7) is 6.42. The van der Waals surface area contributed by atoms with E-state index in [-0.39, 0.29) is 11.7 Å². The molecule has 1 amide bonds. The Bertz CT molecular complexity index is 1170. The summed E-state index contributed by atoms with van der Waals surface area (Å²) in [4.78, 5) is 18.8. The van der Waals surface area contributed by atoms with E-state index in [0.29, 0.717) is 24.2 Å². The van der Waals surface area contributed by atoms with Crippen molar-refractivity contribution in [3.05, 3.63) is 70.3 Å². The van der Waals surface area contributed by atoms with Gasteiger partial charge in [0.2, 0.25) is 0 Å². The number of aromatic amines is 2. The van der Waals surface area contributed by atoms with E-state index < -0.39 is 0 Å². The van der Waals surface area contributed by atoms with E-state index in [9.17, 15) is 9.18 Å². The molecule has 0 radical (unpaired) electrons. The van der Waals surface area contributed by atoms with Crippen molar-refractivity contribution in [3.63, 3.8) is 0 Å². The van der Waals surface area contributed by atoms with E-state index in [1.807, 2.05) is 45.0 Å². The molecule has 0 saturated carbocycles. The van der Waals surface area contributed by atoms with E-state index in [0.717, 1.165) is 38.7 Å². The van der Waals surface area contributed by atoms with Crippen LogP contribution in [0.1, 0.15) is 32.9 Å². The number of benzene rings is 2. The summed E-state index contributed by atoms with van der Waals surface area (Å²) in [6.07, 6.45) is 0.640. The van der Waals surface area contributed by atoms with Crippen molar-refractivity contribution in [2.75, 3.05) is 6.54 Å². The largest absolute Gasteiger partial charge is 0.356 e. The molecule has 3 N–H and O–H groups in total. The van der Waals surface area contributed by atoms with Gasteiger partial charge in [-0.3, -0.25) is 4.79 Å². The molecule has 138 valence electrons. The number of hydrogen-bond acceptors (Lipinski definition) is 1. The Kier molecular flexibility index (Phi) is 4.22. The molecule has 0 atom stereocenters. The van der Waals surface area contributed by atoms with Crippen LogP contribution in [0.2, 0.25) is 0 Å². The second-order valence-corrected chi connectivity index (χ2v) is 7.12. The lowest BCUT2D eigenvalue weighted by molar-refractivity contribution is 0.0950. The van der Waals surface area contributed by atoms with Gasteiger partial charge in [0, 0.05) is 28.5 Å². The van der Waals surface area contributed by atoms with Crippen LogP contribution in [-0.2, 0) is 6.42 Å². The summed E-state index contributed by atoms with van der Waals surface area (Å²) in [7, 11) is 0. The fraction of sp³-hybridized carbons (Fsp3) is 0.227. The molecule has 4 rings (SSSR count). The number of carbonyl (C=O) groups excluding carboxylic acids is 1. The first kappa shape index (κ1) is 17.3. The molecule has 0 spiro atoms. The number of hydrogen-bond donors (Lipinski definition) is 3. The zero-order valence-corrected chi connectivity index (χ0v) is 15.7. The van der Waals surface area contributed by atoms with Crippen molar-refractivity contribution >= 4 is 27.7 Å². The maximum atomic E-state index is 14.1. The molecule has 27 heavy (non-hydrogen) atoms. The van der Waals surface area contributed by atoms with Gasteiger partial charge in [0.05, 0.1) is 5.52 Å². The highest BCUT2D eigenvalue weighted by atomic mass is 19.1. The van der Waals surface area contributed by atoms with Crippen molar-refractivity contribution in [2.45, 2.75) is 27.2 Å². The van der Waals surface area contributed by atoms with Gasteiger partial charge in [0.25, 0.3) is 5.91 Å². The predicted molar refractivity (Wildman–Crippen MR) is 107 cm³/mol. The summed E-state index contributed by atoms with van der Waals surface area (Å²) in [5.74, 6) is -0.383. The second kappa shape index (κ2) is 6.58. The van der Waals surface area contributed by atoms with Gasteiger partial charge in [0.15, 0.2) is 0 Å². The quantitative estimate of drug-likeness (QED) is 0.484. The fourth-order valence-electron chi connectivity index (χ4n) is 3.71. The van der Waals surface area contributed by atoms with Crippen LogP contribution >= 0.6 is 0 Å². The van der Waals surface area contributed by atoms with Crippen LogP contribution in [0.15, 0.2) is 36.4 Å². The monoisotopic (exact) mass is 363 g/mol. The molecule has 0 unspecified atom stereocenters. The Hall–Kier alpha value is -3.08. The molecule has 0 fully saturated rings. The lowest BCUT2D eigenvalue weighted by atomic mass is 10.0. The minimum Gasteiger partial charge on any atom is -0.356 e. The first-order valence-corrected chi connectivity index (χ1v) is 9.08. The van der Waals surface area contributed by atoms with Crippen LogP contribution in [0.25, 0.3) is 21.8 Å². The number of amides is 1. The van der Waals surface area contributed by atoms with Crippen LogP contribution in [0.3, 0.4) is 0 Å². The molecule has 4 aromatic rings. The van der Waals surface area contributed by atoms with Crippen LogP contribution in [0.5, 0.6) is 0 Å². The van der Waals surface area contributed by atoms with Crippen molar-refractivity contribution in [2.24, 2.45) is 0 Å². The van der Waals surface area contributed by atoms with Crippen molar-refractivity contribution < 1.29 is 9.18 Å². The first-order chi connectivity index (χ1) is 12.9. The number of carbonyl (C=O) groups is 1. The fourth-order valence-corrected chi connectivity index (χ4v) is 3.71. The van der Waals surface area contributed by atoms with Crippen molar-refractivity contribution in [3.8, 4) is 0 Å². The predicted octanol–water partition coefficient (Wildman–Crippen LogP) is 4.69. The highest BCUT2D eigenvalue weighted by Gasteiger charge is 2.15.